The number of nitrogens with one attached hydrogen (secondary N) is 1. The van der Waals surface area contributed by atoms with Crippen molar-refractivity contribution in [2.45, 2.75) is 13.5 Å². The van der Waals surface area contributed by atoms with E-state index in [1.807, 2.05) is 37.3 Å². The third-order valence-electron chi connectivity index (χ3n) is 1.56. The molecular formula is C10H13NOS. The van der Waals surface area contributed by atoms with Gasteiger partial charge in [-0.2, -0.15) is 0 Å². The summed E-state index contributed by atoms with van der Waals surface area (Å²) in [6.07, 6.45) is 0. The fourth-order valence-corrected chi connectivity index (χ4v) is 1.14. The second-order valence-corrected chi connectivity index (χ2v) is 2.93. The highest BCUT2D eigenvalue weighted by Gasteiger charge is 1.94. The number of rotatable bonds is 3. The minimum absolute atomic E-state index is 0.464. The topological polar surface area (TPSA) is 21.3 Å². The van der Waals surface area contributed by atoms with Crippen LogP contribution in [0, 0.1) is 0 Å². The quantitative estimate of drug-likeness (QED) is 0.746. The molecule has 0 unspecified atom stereocenters. The van der Waals surface area contributed by atoms with Gasteiger partial charge in [0.05, 0.1) is 6.61 Å². The number of ether oxygens (including phenoxy) is 1. The number of benzene rings is 1. The molecule has 2 nitrogen and oxygen atoms in total. The maximum atomic E-state index is 5.08. The van der Waals surface area contributed by atoms with E-state index in [0.717, 1.165) is 6.54 Å². The summed E-state index contributed by atoms with van der Waals surface area (Å²) in [7, 11) is 0. The first-order chi connectivity index (χ1) is 6.33. The fraction of sp³-hybridized carbons (Fsp3) is 0.300. The van der Waals surface area contributed by atoms with Gasteiger partial charge in [-0.1, -0.05) is 30.3 Å². The average Bonchev–Trinajstić information content (AvgIpc) is 2.17. The molecule has 0 radical (unpaired) electrons. The van der Waals surface area contributed by atoms with Crippen LogP contribution in [0.15, 0.2) is 30.3 Å². The van der Waals surface area contributed by atoms with Crippen molar-refractivity contribution >= 4 is 17.4 Å². The molecule has 0 fully saturated rings. The molecule has 1 aromatic rings. The van der Waals surface area contributed by atoms with Crippen molar-refractivity contribution in [3.63, 3.8) is 0 Å². The van der Waals surface area contributed by atoms with E-state index in [1.165, 1.54) is 5.56 Å². The Hall–Kier alpha value is -1.09. The van der Waals surface area contributed by atoms with Gasteiger partial charge in [0.2, 0.25) is 0 Å². The van der Waals surface area contributed by atoms with Gasteiger partial charge < -0.3 is 10.1 Å². The van der Waals surface area contributed by atoms with Gasteiger partial charge in [-0.25, -0.2) is 0 Å². The van der Waals surface area contributed by atoms with E-state index in [4.69, 9.17) is 17.0 Å². The average molecular weight is 195 g/mol. The molecule has 0 bridgehead atoms. The van der Waals surface area contributed by atoms with Crippen LogP contribution < -0.4 is 5.32 Å². The molecule has 3 heteroatoms. The molecule has 0 heterocycles. The maximum absolute atomic E-state index is 5.08. The first kappa shape index (κ1) is 9.99. The summed E-state index contributed by atoms with van der Waals surface area (Å²) in [4.78, 5) is 0. The fourth-order valence-electron chi connectivity index (χ4n) is 0.952. The second-order valence-electron chi connectivity index (χ2n) is 2.56. The molecule has 0 atom stereocenters. The molecule has 1 rings (SSSR count). The summed E-state index contributed by atoms with van der Waals surface area (Å²) in [6, 6.07) is 10.1. The molecule has 0 spiro atoms. The zero-order valence-corrected chi connectivity index (χ0v) is 8.43. The van der Waals surface area contributed by atoms with E-state index >= 15 is 0 Å². The summed E-state index contributed by atoms with van der Waals surface area (Å²) in [5.41, 5.74) is 1.20. The van der Waals surface area contributed by atoms with Crippen LogP contribution in [0.3, 0.4) is 0 Å². The molecule has 0 aliphatic rings. The van der Waals surface area contributed by atoms with E-state index in [0.29, 0.717) is 11.8 Å². The second kappa shape index (κ2) is 5.54. The molecule has 0 amide bonds. The number of thiocarbonyl (C=S) groups is 1. The van der Waals surface area contributed by atoms with Gasteiger partial charge in [0.25, 0.3) is 5.17 Å². The van der Waals surface area contributed by atoms with E-state index in [-0.39, 0.29) is 0 Å². The van der Waals surface area contributed by atoms with Crippen molar-refractivity contribution in [2.75, 3.05) is 6.61 Å². The van der Waals surface area contributed by atoms with Gasteiger partial charge >= 0.3 is 0 Å². The number of hydrogen-bond donors (Lipinski definition) is 1. The third kappa shape index (κ3) is 3.90. The monoisotopic (exact) mass is 195 g/mol. The summed E-state index contributed by atoms with van der Waals surface area (Å²) < 4.78 is 5.08. The first-order valence-electron chi connectivity index (χ1n) is 4.27. The summed E-state index contributed by atoms with van der Waals surface area (Å²) in [5, 5.41) is 3.47. The molecule has 1 N–H and O–H groups in total. The van der Waals surface area contributed by atoms with E-state index < -0.39 is 0 Å². The first-order valence-corrected chi connectivity index (χ1v) is 4.68. The molecule has 0 saturated carbocycles. The largest absolute Gasteiger partial charge is 0.471 e. The smallest absolute Gasteiger partial charge is 0.256 e. The summed E-state index contributed by atoms with van der Waals surface area (Å²) >= 11 is 4.92. The Bertz CT molecular complexity index is 261. The van der Waals surface area contributed by atoms with Gasteiger partial charge in [0, 0.05) is 6.54 Å². The third-order valence-corrected chi connectivity index (χ3v) is 1.82. The number of hydrogen-bond acceptors (Lipinski definition) is 2. The van der Waals surface area contributed by atoms with Crippen LogP contribution in [0.2, 0.25) is 0 Å². The van der Waals surface area contributed by atoms with E-state index in [9.17, 15) is 0 Å². The van der Waals surface area contributed by atoms with Crippen LogP contribution in [0.25, 0.3) is 0 Å². The highest BCUT2D eigenvalue weighted by Crippen LogP contribution is 1.97. The van der Waals surface area contributed by atoms with E-state index in [1.54, 1.807) is 0 Å². The molecule has 70 valence electrons. The van der Waals surface area contributed by atoms with Gasteiger partial charge in [-0.3, -0.25) is 0 Å². The summed E-state index contributed by atoms with van der Waals surface area (Å²) in [5.74, 6) is 0. The lowest BCUT2D eigenvalue weighted by Gasteiger charge is -2.07. The molecule has 13 heavy (non-hydrogen) atoms. The van der Waals surface area contributed by atoms with Crippen LogP contribution in [-0.4, -0.2) is 11.8 Å². The van der Waals surface area contributed by atoms with Crippen molar-refractivity contribution in [2.24, 2.45) is 0 Å². The Balaban J connectivity index is 2.31. The van der Waals surface area contributed by atoms with Crippen LogP contribution in [0.5, 0.6) is 0 Å². The van der Waals surface area contributed by atoms with Gasteiger partial charge in [-0.15, -0.1) is 0 Å². The molecule has 0 aliphatic heterocycles. The van der Waals surface area contributed by atoms with Crippen molar-refractivity contribution in [1.29, 1.82) is 0 Å². The van der Waals surface area contributed by atoms with Crippen LogP contribution in [0.4, 0.5) is 0 Å². The molecule has 0 aliphatic carbocycles. The van der Waals surface area contributed by atoms with Crippen LogP contribution in [0.1, 0.15) is 12.5 Å². The lowest BCUT2D eigenvalue weighted by molar-refractivity contribution is 0.320. The van der Waals surface area contributed by atoms with Crippen molar-refractivity contribution < 1.29 is 4.74 Å². The standard InChI is InChI=1S/C10H13NOS/c1-2-12-10(13)11-8-9-6-4-3-5-7-9/h3-7H,2,8H2,1H3,(H,11,13). The van der Waals surface area contributed by atoms with Crippen LogP contribution in [-0.2, 0) is 11.3 Å². The maximum Gasteiger partial charge on any atom is 0.256 e. The van der Waals surface area contributed by atoms with Gasteiger partial charge in [0.15, 0.2) is 0 Å². The summed E-state index contributed by atoms with van der Waals surface area (Å²) in [6.45, 7) is 3.25. The highest BCUT2D eigenvalue weighted by molar-refractivity contribution is 7.80. The zero-order chi connectivity index (χ0) is 9.52. The van der Waals surface area contributed by atoms with E-state index in [2.05, 4.69) is 5.32 Å². The van der Waals surface area contributed by atoms with Gasteiger partial charge in [-0.05, 0) is 24.7 Å². The normalized spacial score (nSPS) is 9.31. The minimum Gasteiger partial charge on any atom is -0.471 e. The Morgan fingerprint density at radius 3 is 2.69 bits per heavy atom. The predicted octanol–water partition coefficient (Wildman–Crippen LogP) is 2.10. The van der Waals surface area contributed by atoms with Crippen molar-refractivity contribution in [3.8, 4) is 0 Å². The Morgan fingerprint density at radius 2 is 2.08 bits per heavy atom. The lowest BCUT2D eigenvalue weighted by atomic mass is 10.2. The predicted molar refractivity (Wildman–Crippen MR) is 57.5 cm³/mol. The highest BCUT2D eigenvalue weighted by atomic mass is 32.1. The molecule has 1 aromatic carbocycles. The lowest BCUT2D eigenvalue weighted by Crippen LogP contribution is -2.23. The Kier molecular flexibility index (Phi) is 4.26. The van der Waals surface area contributed by atoms with Crippen molar-refractivity contribution in [3.05, 3.63) is 35.9 Å². The molecule has 0 aromatic heterocycles. The SMILES string of the molecule is CCOC(=S)NCc1ccccc1. The Labute approximate surface area is 83.9 Å². The molecule has 0 saturated heterocycles. The Morgan fingerprint density at radius 1 is 1.38 bits per heavy atom. The molecular weight excluding hydrogens is 182 g/mol. The minimum atomic E-state index is 0.464. The van der Waals surface area contributed by atoms with Gasteiger partial charge in [0.1, 0.15) is 0 Å². The van der Waals surface area contributed by atoms with Crippen LogP contribution >= 0.6 is 12.2 Å². The zero-order valence-electron chi connectivity index (χ0n) is 7.62. The van der Waals surface area contributed by atoms with Crippen molar-refractivity contribution in [1.82, 2.24) is 5.32 Å².